The highest BCUT2D eigenvalue weighted by Gasteiger charge is 2.22. The van der Waals surface area contributed by atoms with E-state index in [2.05, 4.69) is 10.6 Å². The summed E-state index contributed by atoms with van der Waals surface area (Å²) in [5.41, 5.74) is 1.12. The normalized spacial score (nSPS) is 19.1. The maximum atomic E-state index is 12.0. The first-order valence-electron chi connectivity index (χ1n) is 6.54. The molecule has 20 heavy (non-hydrogen) atoms. The largest absolute Gasteiger partial charge is 0.354 e. The number of amides is 2. The highest BCUT2D eigenvalue weighted by atomic mass is 35.5. The van der Waals surface area contributed by atoms with Crippen LogP contribution >= 0.6 is 23.4 Å². The number of halogens is 1. The molecule has 6 heteroatoms. The van der Waals surface area contributed by atoms with E-state index in [4.69, 9.17) is 11.6 Å². The Morgan fingerprint density at radius 1 is 1.40 bits per heavy atom. The van der Waals surface area contributed by atoms with Crippen molar-refractivity contribution in [1.82, 2.24) is 10.6 Å². The third-order valence-electron chi connectivity index (χ3n) is 3.04. The van der Waals surface area contributed by atoms with Crippen LogP contribution in [0.25, 0.3) is 0 Å². The van der Waals surface area contributed by atoms with Crippen molar-refractivity contribution in [2.75, 3.05) is 18.1 Å². The van der Waals surface area contributed by atoms with Crippen molar-refractivity contribution in [3.05, 3.63) is 34.9 Å². The summed E-state index contributed by atoms with van der Waals surface area (Å²) < 4.78 is 0. The fourth-order valence-electron chi connectivity index (χ4n) is 1.92. The van der Waals surface area contributed by atoms with E-state index in [1.54, 1.807) is 11.8 Å². The van der Waals surface area contributed by atoms with Gasteiger partial charge in [0.25, 0.3) is 0 Å². The highest BCUT2D eigenvalue weighted by molar-refractivity contribution is 7.99. The summed E-state index contributed by atoms with van der Waals surface area (Å²) in [7, 11) is 0. The summed E-state index contributed by atoms with van der Waals surface area (Å²) in [5.74, 6) is 1.26. The second kappa shape index (κ2) is 7.55. The van der Waals surface area contributed by atoms with Gasteiger partial charge in [-0.3, -0.25) is 9.59 Å². The van der Waals surface area contributed by atoms with Gasteiger partial charge in [0.15, 0.2) is 0 Å². The zero-order valence-electron chi connectivity index (χ0n) is 11.0. The standard InChI is InChI=1S/C14H17ClN2O2S/c15-11-3-1-10(2-4-11)5-7-16-14(19)12-9-20-8-6-13(18)17-12/h1-4,12H,5-9H2,(H,16,19)(H,17,18). The Bertz CT molecular complexity index is 479. The van der Waals surface area contributed by atoms with Gasteiger partial charge in [0.1, 0.15) is 6.04 Å². The van der Waals surface area contributed by atoms with Crippen molar-refractivity contribution >= 4 is 35.2 Å². The third-order valence-corrected chi connectivity index (χ3v) is 4.35. The third kappa shape index (κ3) is 4.72. The summed E-state index contributed by atoms with van der Waals surface area (Å²) in [6, 6.07) is 7.14. The first kappa shape index (κ1) is 15.2. The van der Waals surface area contributed by atoms with Crippen LogP contribution < -0.4 is 10.6 Å². The summed E-state index contributed by atoms with van der Waals surface area (Å²) in [6.45, 7) is 0.553. The average molecular weight is 313 g/mol. The number of benzene rings is 1. The molecule has 4 nitrogen and oxygen atoms in total. The van der Waals surface area contributed by atoms with Crippen molar-refractivity contribution in [1.29, 1.82) is 0 Å². The fourth-order valence-corrected chi connectivity index (χ4v) is 3.01. The van der Waals surface area contributed by atoms with Crippen molar-refractivity contribution < 1.29 is 9.59 Å². The smallest absolute Gasteiger partial charge is 0.243 e. The molecule has 0 aliphatic carbocycles. The van der Waals surface area contributed by atoms with Crippen LogP contribution in [-0.4, -0.2) is 35.9 Å². The maximum Gasteiger partial charge on any atom is 0.243 e. The number of carbonyl (C=O) groups excluding carboxylic acids is 2. The molecule has 2 amide bonds. The van der Waals surface area contributed by atoms with Crippen LogP contribution in [0.15, 0.2) is 24.3 Å². The molecule has 0 radical (unpaired) electrons. The molecule has 1 heterocycles. The molecule has 1 aliphatic heterocycles. The van der Waals surface area contributed by atoms with E-state index in [1.807, 2.05) is 24.3 Å². The Morgan fingerprint density at radius 2 is 2.15 bits per heavy atom. The Balaban J connectivity index is 1.76. The van der Waals surface area contributed by atoms with E-state index < -0.39 is 6.04 Å². The fraction of sp³-hybridized carbons (Fsp3) is 0.429. The van der Waals surface area contributed by atoms with Crippen LogP contribution in [0.3, 0.4) is 0 Å². The first-order valence-corrected chi connectivity index (χ1v) is 8.07. The van der Waals surface area contributed by atoms with Gasteiger partial charge in [0, 0.05) is 29.5 Å². The lowest BCUT2D eigenvalue weighted by Gasteiger charge is -2.15. The van der Waals surface area contributed by atoms with E-state index in [0.717, 1.165) is 17.7 Å². The molecule has 0 bridgehead atoms. The average Bonchev–Trinajstić information content (AvgIpc) is 2.65. The molecule has 2 N–H and O–H groups in total. The van der Waals surface area contributed by atoms with Crippen LogP contribution in [-0.2, 0) is 16.0 Å². The molecule has 0 saturated carbocycles. The van der Waals surface area contributed by atoms with Gasteiger partial charge < -0.3 is 10.6 Å². The summed E-state index contributed by atoms with van der Waals surface area (Å²) in [4.78, 5) is 23.4. The van der Waals surface area contributed by atoms with Gasteiger partial charge in [-0.05, 0) is 24.1 Å². The number of thioether (sulfide) groups is 1. The van der Waals surface area contributed by atoms with Crippen molar-refractivity contribution in [2.24, 2.45) is 0 Å². The van der Waals surface area contributed by atoms with Gasteiger partial charge in [-0.1, -0.05) is 23.7 Å². The van der Waals surface area contributed by atoms with E-state index in [9.17, 15) is 9.59 Å². The monoisotopic (exact) mass is 312 g/mol. The van der Waals surface area contributed by atoms with Crippen molar-refractivity contribution in [3.63, 3.8) is 0 Å². The Kier molecular flexibility index (Phi) is 5.73. The lowest BCUT2D eigenvalue weighted by molar-refractivity contribution is -0.128. The Morgan fingerprint density at radius 3 is 2.90 bits per heavy atom. The lowest BCUT2D eigenvalue weighted by atomic mass is 10.1. The minimum absolute atomic E-state index is 0.0483. The zero-order chi connectivity index (χ0) is 14.4. The maximum absolute atomic E-state index is 12.0. The highest BCUT2D eigenvalue weighted by Crippen LogP contribution is 2.11. The van der Waals surface area contributed by atoms with Gasteiger partial charge in [0.05, 0.1) is 0 Å². The molecule has 108 valence electrons. The number of hydrogen-bond acceptors (Lipinski definition) is 3. The topological polar surface area (TPSA) is 58.2 Å². The van der Waals surface area contributed by atoms with Gasteiger partial charge in [-0.25, -0.2) is 0 Å². The number of carbonyl (C=O) groups is 2. The van der Waals surface area contributed by atoms with Crippen LogP contribution in [0.5, 0.6) is 0 Å². The second-order valence-electron chi connectivity index (χ2n) is 4.61. The molecule has 1 aromatic carbocycles. The molecule has 1 aliphatic rings. The van der Waals surface area contributed by atoms with Gasteiger partial charge in [0.2, 0.25) is 11.8 Å². The van der Waals surface area contributed by atoms with Crippen LogP contribution in [0.4, 0.5) is 0 Å². The predicted molar refractivity (Wildman–Crippen MR) is 82.0 cm³/mol. The Hall–Kier alpha value is -1.20. The number of rotatable bonds is 4. The molecular formula is C14H17ClN2O2S. The molecular weight excluding hydrogens is 296 g/mol. The second-order valence-corrected chi connectivity index (χ2v) is 6.20. The molecule has 1 atom stereocenters. The molecule has 0 aromatic heterocycles. The van der Waals surface area contributed by atoms with Crippen LogP contribution in [0.1, 0.15) is 12.0 Å². The summed E-state index contributed by atoms with van der Waals surface area (Å²) in [6.07, 6.45) is 1.23. The summed E-state index contributed by atoms with van der Waals surface area (Å²) in [5, 5.41) is 6.31. The van der Waals surface area contributed by atoms with Crippen molar-refractivity contribution in [2.45, 2.75) is 18.9 Å². The van der Waals surface area contributed by atoms with Gasteiger partial charge in [-0.15, -0.1) is 0 Å². The van der Waals surface area contributed by atoms with Gasteiger partial charge >= 0.3 is 0 Å². The molecule has 1 fully saturated rings. The quantitative estimate of drug-likeness (QED) is 0.888. The van der Waals surface area contributed by atoms with Gasteiger partial charge in [-0.2, -0.15) is 11.8 Å². The molecule has 2 rings (SSSR count). The SMILES string of the molecule is O=C1CCSCC(C(=O)NCCc2ccc(Cl)cc2)N1. The Labute approximate surface area is 127 Å². The number of nitrogens with one attached hydrogen (secondary N) is 2. The van der Waals surface area contributed by atoms with E-state index >= 15 is 0 Å². The minimum atomic E-state index is -0.416. The lowest BCUT2D eigenvalue weighted by Crippen LogP contribution is -2.47. The summed E-state index contributed by atoms with van der Waals surface area (Å²) >= 11 is 7.44. The van der Waals surface area contributed by atoms with Crippen LogP contribution in [0.2, 0.25) is 5.02 Å². The zero-order valence-corrected chi connectivity index (χ0v) is 12.6. The minimum Gasteiger partial charge on any atom is -0.354 e. The molecule has 1 saturated heterocycles. The molecule has 1 aromatic rings. The van der Waals surface area contributed by atoms with E-state index in [1.165, 1.54) is 0 Å². The predicted octanol–water partition coefficient (Wildman–Crippen LogP) is 1.62. The number of hydrogen-bond donors (Lipinski definition) is 2. The molecule has 1 unspecified atom stereocenters. The first-order chi connectivity index (χ1) is 9.65. The van der Waals surface area contributed by atoms with Crippen LogP contribution in [0, 0.1) is 0 Å². The molecule has 0 spiro atoms. The van der Waals surface area contributed by atoms with E-state index in [-0.39, 0.29) is 11.8 Å². The van der Waals surface area contributed by atoms with E-state index in [0.29, 0.717) is 23.7 Å². The van der Waals surface area contributed by atoms with Crippen molar-refractivity contribution in [3.8, 4) is 0 Å².